The molecule has 0 spiro atoms. The highest BCUT2D eigenvalue weighted by atomic mass is 32.1. The van der Waals surface area contributed by atoms with Crippen LogP contribution < -0.4 is 9.47 Å². The molecule has 0 bridgehead atoms. The van der Waals surface area contributed by atoms with E-state index in [4.69, 9.17) is 14.5 Å². The molecule has 0 amide bonds. The molecular weight excluding hydrogens is 372 g/mol. The average molecular weight is 390 g/mol. The van der Waals surface area contributed by atoms with Gasteiger partial charge in [-0.3, -0.25) is 9.20 Å². The lowest BCUT2D eigenvalue weighted by Gasteiger charge is -2.08. The number of fused-ring (bicyclic) bond motifs is 1. The first-order valence-corrected chi connectivity index (χ1v) is 9.54. The number of aromatic nitrogens is 2. The predicted molar refractivity (Wildman–Crippen MR) is 111 cm³/mol. The molecule has 2 aromatic carbocycles. The number of ketones is 1. The quantitative estimate of drug-likeness (QED) is 0.344. The van der Waals surface area contributed by atoms with Crippen molar-refractivity contribution >= 4 is 28.2 Å². The molecule has 0 N–H and O–H groups in total. The highest BCUT2D eigenvalue weighted by Gasteiger charge is 2.14. The number of ether oxygens (including phenoxy) is 2. The van der Waals surface area contributed by atoms with E-state index in [1.54, 1.807) is 49.8 Å². The van der Waals surface area contributed by atoms with Gasteiger partial charge in [0.1, 0.15) is 0 Å². The Labute approximate surface area is 166 Å². The van der Waals surface area contributed by atoms with Crippen LogP contribution in [0.15, 0.2) is 66.2 Å². The van der Waals surface area contributed by atoms with E-state index in [0.29, 0.717) is 17.1 Å². The van der Waals surface area contributed by atoms with E-state index in [9.17, 15) is 4.79 Å². The molecule has 0 saturated carbocycles. The number of methoxy groups -OCH3 is 2. The maximum Gasteiger partial charge on any atom is 0.194 e. The Bertz CT molecular complexity index is 1160. The minimum absolute atomic E-state index is 0.120. The summed E-state index contributed by atoms with van der Waals surface area (Å²) in [5.41, 5.74) is 3.26. The van der Waals surface area contributed by atoms with Gasteiger partial charge >= 0.3 is 0 Å². The second kappa shape index (κ2) is 7.70. The van der Waals surface area contributed by atoms with E-state index in [1.807, 2.05) is 52.4 Å². The van der Waals surface area contributed by atoms with Crippen LogP contribution in [0.4, 0.5) is 0 Å². The molecule has 0 aliphatic carbocycles. The first kappa shape index (κ1) is 18.0. The number of nitrogens with zero attached hydrogens (tertiary/aromatic N) is 2. The monoisotopic (exact) mass is 390 g/mol. The van der Waals surface area contributed by atoms with Crippen molar-refractivity contribution in [3.63, 3.8) is 0 Å². The fourth-order valence-corrected chi connectivity index (χ4v) is 3.73. The maximum absolute atomic E-state index is 12.7. The Kier molecular flexibility index (Phi) is 4.95. The van der Waals surface area contributed by atoms with Gasteiger partial charge in [0.2, 0.25) is 0 Å². The van der Waals surface area contributed by atoms with Crippen LogP contribution in [0.25, 0.3) is 22.3 Å². The van der Waals surface area contributed by atoms with Gasteiger partial charge in [-0.15, -0.1) is 11.3 Å². The topological polar surface area (TPSA) is 52.8 Å². The largest absolute Gasteiger partial charge is 0.493 e. The fraction of sp³-hybridized carbons (Fsp3) is 0.0909. The third-order valence-electron chi connectivity index (χ3n) is 4.41. The third kappa shape index (κ3) is 3.30. The molecule has 0 aliphatic heterocycles. The molecule has 0 saturated heterocycles. The van der Waals surface area contributed by atoms with Gasteiger partial charge in [0.05, 0.1) is 25.6 Å². The van der Waals surface area contributed by atoms with Crippen molar-refractivity contribution in [1.82, 2.24) is 9.38 Å². The summed E-state index contributed by atoms with van der Waals surface area (Å²) in [6.07, 6.45) is 5.34. The van der Waals surface area contributed by atoms with Crippen molar-refractivity contribution < 1.29 is 14.3 Å². The van der Waals surface area contributed by atoms with Crippen molar-refractivity contribution in [2.45, 2.75) is 0 Å². The summed E-state index contributed by atoms with van der Waals surface area (Å²) in [5, 5.41) is 1.98. The molecular formula is C22H18N2O3S. The van der Waals surface area contributed by atoms with Crippen molar-refractivity contribution in [3.05, 3.63) is 77.4 Å². The summed E-state index contributed by atoms with van der Waals surface area (Å²) < 4.78 is 12.5. The molecule has 2 heterocycles. The second-order valence-corrected chi connectivity index (χ2v) is 6.91. The minimum atomic E-state index is -0.120. The van der Waals surface area contributed by atoms with Crippen LogP contribution in [0.5, 0.6) is 11.5 Å². The van der Waals surface area contributed by atoms with Gasteiger partial charge in [0, 0.05) is 22.7 Å². The van der Waals surface area contributed by atoms with E-state index in [0.717, 1.165) is 21.9 Å². The minimum Gasteiger partial charge on any atom is -0.493 e. The summed E-state index contributed by atoms with van der Waals surface area (Å²) in [6.45, 7) is 0. The number of benzene rings is 2. The Morgan fingerprint density at radius 3 is 2.61 bits per heavy atom. The summed E-state index contributed by atoms with van der Waals surface area (Å²) in [7, 11) is 3.11. The smallest absolute Gasteiger partial charge is 0.194 e. The van der Waals surface area contributed by atoms with E-state index in [-0.39, 0.29) is 5.78 Å². The number of carbonyl (C=O) groups is 1. The summed E-state index contributed by atoms with van der Waals surface area (Å²) in [6, 6.07) is 15.1. The number of hydrogen-bond donors (Lipinski definition) is 0. The molecule has 0 unspecified atom stereocenters. The third-order valence-corrected chi connectivity index (χ3v) is 5.16. The Morgan fingerprint density at radius 2 is 1.86 bits per heavy atom. The molecule has 5 nitrogen and oxygen atoms in total. The van der Waals surface area contributed by atoms with Crippen LogP contribution in [0.3, 0.4) is 0 Å². The van der Waals surface area contributed by atoms with E-state index >= 15 is 0 Å². The molecule has 4 rings (SSSR count). The lowest BCUT2D eigenvalue weighted by Crippen LogP contribution is -1.97. The number of imidazole rings is 1. The van der Waals surface area contributed by atoms with Gasteiger partial charge < -0.3 is 9.47 Å². The van der Waals surface area contributed by atoms with Crippen molar-refractivity contribution in [3.8, 4) is 22.8 Å². The molecule has 2 aromatic heterocycles. The van der Waals surface area contributed by atoms with E-state index < -0.39 is 0 Å². The lowest BCUT2D eigenvalue weighted by atomic mass is 10.1. The van der Waals surface area contributed by atoms with Crippen LogP contribution in [0.2, 0.25) is 0 Å². The van der Waals surface area contributed by atoms with Crippen LogP contribution >= 0.6 is 11.3 Å². The summed E-state index contributed by atoms with van der Waals surface area (Å²) in [5.74, 6) is 0.992. The molecule has 0 atom stereocenters. The molecule has 0 fully saturated rings. The number of carbonyl (C=O) groups excluding carboxylic acids is 1. The van der Waals surface area contributed by atoms with Gasteiger partial charge in [-0.05, 0) is 30.4 Å². The van der Waals surface area contributed by atoms with Crippen LogP contribution in [-0.4, -0.2) is 29.4 Å². The van der Waals surface area contributed by atoms with Gasteiger partial charge in [0.15, 0.2) is 22.2 Å². The zero-order valence-corrected chi connectivity index (χ0v) is 16.3. The standard InChI is InChI=1S/C22H18N2O3S/c1-26-19-11-8-16(14-20(19)27-2)18(25)10-9-17-21(15-6-4-3-5-7-15)23-22-24(17)12-13-28-22/h3-14H,1-2H3/b10-9+. The summed E-state index contributed by atoms with van der Waals surface area (Å²) >= 11 is 1.56. The number of hydrogen-bond acceptors (Lipinski definition) is 5. The summed E-state index contributed by atoms with van der Waals surface area (Å²) in [4.78, 5) is 18.3. The van der Waals surface area contributed by atoms with Gasteiger partial charge in [-0.1, -0.05) is 30.3 Å². The normalized spacial score (nSPS) is 11.2. The molecule has 28 heavy (non-hydrogen) atoms. The van der Waals surface area contributed by atoms with Gasteiger partial charge in [-0.2, -0.15) is 0 Å². The van der Waals surface area contributed by atoms with E-state index in [2.05, 4.69) is 0 Å². The molecule has 4 aromatic rings. The zero-order valence-electron chi connectivity index (χ0n) is 15.5. The van der Waals surface area contributed by atoms with Crippen molar-refractivity contribution in [1.29, 1.82) is 0 Å². The van der Waals surface area contributed by atoms with Crippen LogP contribution in [0.1, 0.15) is 16.1 Å². The maximum atomic E-state index is 12.7. The Morgan fingerprint density at radius 1 is 1.07 bits per heavy atom. The van der Waals surface area contributed by atoms with Crippen LogP contribution in [0, 0.1) is 0 Å². The zero-order chi connectivity index (χ0) is 19.5. The number of rotatable bonds is 6. The molecule has 6 heteroatoms. The second-order valence-electron chi connectivity index (χ2n) is 6.03. The number of thiazole rings is 1. The fourth-order valence-electron chi connectivity index (χ4n) is 3.01. The van der Waals surface area contributed by atoms with Crippen molar-refractivity contribution in [2.24, 2.45) is 0 Å². The first-order valence-electron chi connectivity index (χ1n) is 8.66. The SMILES string of the molecule is COc1ccc(C(=O)/C=C/c2c(-c3ccccc3)nc3sccn23)cc1OC. The average Bonchev–Trinajstić information content (AvgIpc) is 3.33. The lowest BCUT2D eigenvalue weighted by molar-refractivity contribution is 0.104. The van der Waals surface area contributed by atoms with Crippen molar-refractivity contribution in [2.75, 3.05) is 14.2 Å². The molecule has 0 radical (unpaired) electrons. The van der Waals surface area contributed by atoms with Gasteiger partial charge in [0.25, 0.3) is 0 Å². The Hall–Kier alpha value is -3.38. The number of allylic oxidation sites excluding steroid dienone is 1. The highest BCUT2D eigenvalue weighted by molar-refractivity contribution is 7.15. The Balaban J connectivity index is 1.71. The van der Waals surface area contributed by atoms with E-state index in [1.165, 1.54) is 0 Å². The van der Waals surface area contributed by atoms with Gasteiger partial charge in [-0.25, -0.2) is 4.98 Å². The molecule has 0 aliphatic rings. The highest BCUT2D eigenvalue weighted by Crippen LogP contribution is 2.29. The first-order chi connectivity index (χ1) is 13.7. The predicted octanol–water partition coefficient (Wildman–Crippen LogP) is 4.98. The van der Waals surface area contributed by atoms with Crippen LogP contribution in [-0.2, 0) is 0 Å². The molecule has 140 valence electrons.